The fourth-order valence-corrected chi connectivity index (χ4v) is 4.84. The van der Waals surface area contributed by atoms with Crippen LogP contribution in [0.4, 0.5) is 0 Å². The standard InChI is InChI=1S/C29H32ClNO6/c1-29(2)26(35-3)24(32)25(33)28(37-29)36-19-13-14-20(21-11-7-8-12-23(21)30)22(17-19)27(34)31-16-15-18-9-5-4-6-10-18/h4-14,17,24-26,28,32-33H,15-16H2,1-3H3,(H,31,34)/t24-,25+,26+,28+/m0/s1. The Labute approximate surface area is 221 Å². The fourth-order valence-electron chi connectivity index (χ4n) is 4.60. The van der Waals surface area contributed by atoms with Crippen molar-refractivity contribution >= 4 is 17.5 Å². The van der Waals surface area contributed by atoms with Gasteiger partial charge in [0.15, 0.2) is 0 Å². The summed E-state index contributed by atoms with van der Waals surface area (Å²) in [4.78, 5) is 13.3. The number of carbonyl (C=O) groups is 1. The van der Waals surface area contributed by atoms with Crippen LogP contribution in [0.2, 0.25) is 5.02 Å². The molecule has 0 unspecified atom stereocenters. The van der Waals surface area contributed by atoms with Gasteiger partial charge in [0.1, 0.15) is 24.1 Å². The van der Waals surface area contributed by atoms with Crippen molar-refractivity contribution in [3.8, 4) is 16.9 Å². The first-order valence-electron chi connectivity index (χ1n) is 12.2. The average molecular weight is 526 g/mol. The van der Waals surface area contributed by atoms with Crippen LogP contribution in [-0.4, -0.2) is 60.0 Å². The summed E-state index contributed by atoms with van der Waals surface area (Å²) < 4.78 is 17.2. The predicted molar refractivity (Wildman–Crippen MR) is 142 cm³/mol. The molecule has 0 aromatic heterocycles. The van der Waals surface area contributed by atoms with E-state index in [0.29, 0.717) is 40.4 Å². The first kappa shape index (κ1) is 27.1. The second kappa shape index (κ2) is 11.6. The molecule has 1 saturated heterocycles. The molecule has 0 saturated carbocycles. The molecule has 37 heavy (non-hydrogen) atoms. The van der Waals surface area contributed by atoms with Crippen molar-refractivity contribution in [2.24, 2.45) is 0 Å². The maximum absolute atomic E-state index is 13.3. The molecule has 1 amide bonds. The van der Waals surface area contributed by atoms with Crippen LogP contribution in [0.1, 0.15) is 29.8 Å². The van der Waals surface area contributed by atoms with E-state index >= 15 is 0 Å². The molecule has 3 N–H and O–H groups in total. The molecule has 3 aromatic carbocycles. The SMILES string of the molecule is CO[C@@H]1[C@@H](O)[C@@H](O)[C@H](Oc2ccc(-c3ccccc3Cl)c(C(=O)NCCc3ccccc3)c2)OC1(C)C. The molecular weight excluding hydrogens is 494 g/mol. The third-order valence-electron chi connectivity index (χ3n) is 6.49. The van der Waals surface area contributed by atoms with Gasteiger partial charge in [0.2, 0.25) is 6.29 Å². The number of methoxy groups -OCH3 is 1. The van der Waals surface area contributed by atoms with E-state index in [1.165, 1.54) is 7.11 Å². The van der Waals surface area contributed by atoms with E-state index in [-0.39, 0.29) is 5.91 Å². The van der Waals surface area contributed by atoms with Gasteiger partial charge in [-0.1, -0.05) is 60.1 Å². The highest BCUT2D eigenvalue weighted by Gasteiger charge is 2.50. The molecule has 0 aliphatic carbocycles. The van der Waals surface area contributed by atoms with Crippen LogP contribution in [0.25, 0.3) is 11.1 Å². The Hall–Kier alpha value is -2.94. The largest absolute Gasteiger partial charge is 0.462 e. The molecule has 8 heteroatoms. The minimum atomic E-state index is -1.36. The molecular formula is C29H32ClNO6. The lowest BCUT2D eigenvalue weighted by atomic mass is 9.89. The lowest BCUT2D eigenvalue weighted by molar-refractivity contribution is -0.305. The van der Waals surface area contributed by atoms with Gasteiger partial charge in [-0.05, 0) is 55.7 Å². The number of hydrogen-bond acceptors (Lipinski definition) is 6. The minimum Gasteiger partial charge on any atom is -0.462 e. The molecule has 0 radical (unpaired) electrons. The Morgan fingerprint density at radius 1 is 1.00 bits per heavy atom. The smallest absolute Gasteiger partial charge is 0.252 e. The van der Waals surface area contributed by atoms with Gasteiger partial charge >= 0.3 is 0 Å². The lowest BCUT2D eigenvalue weighted by Gasteiger charge is -2.46. The number of carbonyl (C=O) groups excluding carboxylic acids is 1. The fraction of sp³-hybridized carbons (Fsp3) is 0.345. The second-order valence-electron chi connectivity index (χ2n) is 9.52. The van der Waals surface area contributed by atoms with Crippen LogP contribution in [0.3, 0.4) is 0 Å². The molecule has 0 bridgehead atoms. The van der Waals surface area contributed by atoms with Crippen molar-refractivity contribution in [3.05, 3.63) is 88.9 Å². The molecule has 4 rings (SSSR count). The van der Waals surface area contributed by atoms with Gasteiger partial charge in [-0.2, -0.15) is 0 Å². The summed E-state index contributed by atoms with van der Waals surface area (Å²) in [6, 6.07) is 22.2. The number of hydrogen-bond donors (Lipinski definition) is 3. The van der Waals surface area contributed by atoms with Crippen LogP contribution in [0.15, 0.2) is 72.8 Å². The summed E-state index contributed by atoms with van der Waals surface area (Å²) in [5, 5.41) is 24.7. The summed E-state index contributed by atoms with van der Waals surface area (Å²) >= 11 is 6.45. The number of nitrogens with one attached hydrogen (secondary N) is 1. The third kappa shape index (κ3) is 6.14. The molecule has 1 heterocycles. The van der Waals surface area contributed by atoms with Crippen LogP contribution in [0.5, 0.6) is 5.75 Å². The number of rotatable bonds is 8. The zero-order chi connectivity index (χ0) is 26.6. The highest BCUT2D eigenvalue weighted by Crippen LogP contribution is 2.35. The normalized spacial score (nSPS) is 22.9. The van der Waals surface area contributed by atoms with Gasteiger partial charge in [0.05, 0.1) is 11.2 Å². The number of benzene rings is 3. The minimum absolute atomic E-state index is 0.291. The van der Waals surface area contributed by atoms with Crippen LogP contribution in [-0.2, 0) is 15.9 Å². The summed E-state index contributed by atoms with van der Waals surface area (Å²) in [6.07, 6.45) is -3.81. The molecule has 1 aliphatic rings. The van der Waals surface area contributed by atoms with Crippen molar-refractivity contribution in [1.82, 2.24) is 5.32 Å². The second-order valence-corrected chi connectivity index (χ2v) is 9.93. The molecule has 3 aromatic rings. The average Bonchev–Trinajstić information content (AvgIpc) is 2.88. The van der Waals surface area contributed by atoms with Crippen molar-refractivity contribution in [2.75, 3.05) is 13.7 Å². The van der Waals surface area contributed by atoms with E-state index in [9.17, 15) is 15.0 Å². The summed E-state index contributed by atoms with van der Waals surface area (Å²) in [5.41, 5.74) is 1.90. The lowest BCUT2D eigenvalue weighted by Crippen LogP contribution is -2.63. The maximum atomic E-state index is 13.3. The molecule has 4 atom stereocenters. The quantitative estimate of drug-likeness (QED) is 0.407. The monoisotopic (exact) mass is 525 g/mol. The van der Waals surface area contributed by atoms with Crippen molar-refractivity contribution < 1.29 is 29.2 Å². The van der Waals surface area contributed by atoms with Gasteiger partial charge in [-0.15, -0.1) is 0 Å². The first-order valence-corrected chi connectivity index (χ1v) is 12.5. The van der Waals surface area contributed by atoms with Gasteiger partial charge in [-0.25, -0.2) is 0 Å². The Kier molecular flexibility index (Phi) is 8.52. The highest BCUT2D eigenvalue weighted by molar-refractivity contribution is 6.33. The Balaban J connectivity index is 1.60. The van der Waals surface area contributed by atoms with E-state index in [1.807, 2.05) is 48.5 Å². The van der Waals surface area contributed by atoms with Gasteiger partial charge in [0.25, 0.3) is 5.91 Å². The van der Waals surface area contributed by atoms with E-state index < -0.39 is 30.2 Å². The first-order chi connectivity index (χ1) is 17.7. The zero-order valence-electron chi connectivity index (χ0n) is 21.1. The van der Waals surface area contributed by atoms with Crippen LogP contribution >= 0.6 is 11.6 Å². The van der Waals surface area contributed by atoms with E-state index in [2.05, 4.69) is 5.32 Å². The van der Waals surface area contributed by atoms with Crippen LogP contribution < -0.4 is 10.1 Å². The Morgan fingerprint density at radius 3 is 2.41 bits per heavy atom. The summed E-state index contributed by atoms with van der Waals surface area (Å²) in [5.74, 6) is 0.00755. The summed E-state index contributed by atoms with van der Waals surface area (Å²) in [7, 11) is 1.45. The predicted octanol–water partition coefficient (Wildman–Crippen LogP) is 4.23. The topological polar surface area (TPSA) is 97.3 Å². The number of halogens is 1. The Morgan fingerprint density at radius 2 is 1.70 bits per heavy atom. The zero-order valence-corrected chi connectivity index (χ0v) is 21.8. The number of ether oxygens (including phenoxy) is 3. The van der Waals surface area contributed by atoms with Crippen molar-refractivity contribution in [1.29, 1.82) is 0 Å². The molecule has 0 spiro atoms. The van der Waals surface area contributed by atoms with Crippen LogP contribution in [0, 0.1) is 0 Å². The van der Waals surface area contributed by atoms with Gasteiger partial charge < -0.3 is 29.7 Å². The number of aliphatic hydroxyl groups is 2. The van der Waals surface area contributed by atoms with Crippen molar-refractivity contribution in [3.63, 3.8) is 0 Å². The molecule has 1 fully saturated rings. The number of amides is 1. The molecule has 1 aliphatic heterocycles. The van der Waals surface area contributed by atoms with E-state index in [0.717, 1.165) is 5.56 Å². The van der Waals surface area contributed by atoms with E-state index in [1.54, 1.807) is 38.1 Å². The van der Waals surface area contributed by atoms with Gasteiger partial charge in [0, 0.05) is 24.2 Å². The molecule has 196 valence electrons. The maximum Gasteiger partial charge on any atom is 0.252 e. The van der Waals surface area contributed by atoms with Gasteiger partial charge in [-0.3, -0.25) is 4.79 Å². The Bertz CT molecular complexity index is 1220. The number of aliphatic hydroxyl groups excluding tert-OH is 2. The molecule has 7 nitrogen and oxygen atoms in total. The van der Waals surface area contributed by atoms with E-state index in [4.69, 9.17) is 25.8 Å². The van der Waals surface area contributed by atoms with Crippen molar-refractivity contribution in [2.45, 2.75) is 50.5 Å². The summed E-state index contributed by atoms with van der Waals surface area (Å²) in [6.45, 7) is 3.94. The third-order valence-corrected chi connectivity index (χ3v) is 6.82. The highest BCUT2D eigenvalue weighted by atomic mass is 35.5.